The van der Waals surface area contributed by atoms with Crippen LogP contribution in [-0.2, 0) is 28.6 Å². The third-order valence-corrected chi connectivity index (χ3v) is 14.7. The molecule has 0 spiro atoms. The van der Waals surface area contributed by atoms with Crippen molar-refractivity contribution >= 4 is 17.9 Å². The van der Waals surface area contributed by atoms with Crippen molar-refractivity contribution in [3.63, 3.8) is 0 Å². The Labute approximate surface area is 478 Å². The topological polar surface area (TPSA) is 78.9 Å². The summed E-state index contributed by atoms with van der Waals surface area (Å²) in [6.45, 7) is 6.47. The van der Waals surface area contributed by atoms with Crippen molar-refractivity contribution in [1.29, 1.82) is 0 Å². The molecular formula is C71H126O6. The van der Waals surface area contributed by atoms with Gasteiger partial charge in [0, 0.05) is 19.3 Å². The fourth-order valence-electron chi connectivity index (χ4n) is 9.73. The van der Waals surface area contributed by atoms with Crippen LogP contribution in [0.15, 0.2) is 72.9 Å². The Morgan fingerprint density at radius 1 is 0.273 bits per heavy atom. The SMILES string of the molecule is CC/C=C\C/C=C\C/C=C\C/C=C\CCC(=O)OCC(COC(=O)CCCCCCCCCCCCCCCCCCCCCCCCCCCCCCCC)OC(=O)CCCCCCC/C=C\C/C=C\CCCCCC. The van der Waals surface area contributed by atoms with Gasteiger partial charge in [-0.2, -0.15) is 0 Å². The molecule has 0 aliphatic carbocycles. The highest BCUT2D eigenvalue weighted by Gasteiger charge is 2.19. The van der Waals surface area contributed by atoms with Crippen molar-refractivity contribution in [2.75, 3.05) is 13.2 Å². The van der Waals surface area contributed by atoms with Crippen LogP contribution in [-0.4, -0.2) is 37.2 Å². The first kappa shape index (κ1) is 73.8. The Balaban J connectivity index is 4.20. The number of esters is 3. The fraction of sp³-hybridized carbons (Fsp3) is 0.789. The van der Waals surface area contributed by atoms with Gasteiger partial charge in [-0.25, -0.2) is 0 Å². The first-order valence-electron chi connectivity index (χ1n) is 33.4. The third kappa shape index (κ3) is 63.6. The number of hydrogen-bond acceptors (Lipinski definition) is 6. The summed E-state index contributed by atoms with van der Waals surface area (Å²) in [5.41, 5.74) is 0. The van der Waals surface area contributed by atoms with Gasteiger partial charge in [-0.3, -0.25) is 14.4 Å². The molecule has 0 aliphatic rings. The summed E-state index contributed by atoms with van der Waals surface area (Å²) in [5, 5.41) is 0. The second-order valence-electron chi connectivity index (χ2n) is 22.4. The minimum atomic E-state index is -0.811. The van der Waals surface area contributed by atoms with E-state index in [2.05, 4.69) is 87.6 Å². The van der Waals surface area contributed by atoms with Gasteiger partial charge in [-0.1, -0.05) is 318 Å². The third-order valence-electron chi connectivity index (χ3n) is 14.7. The number of rotatable bonds is 61. The molecule has 1 atom stereocenters. The minimum Gasteiger partial charge on any atom is -0.462 e. The molecule has 0 saturated carbocycles. The van der Waals surface area contributed by atoms with Crippen molar-refractivity contribution in [3.05, 3.63) is 72.9 Å². The van der Waals surface area contributed by atoms with Crippen LogP contribution in [0.3, 0.4) is 0 Å². The molecule has 446 valence electrons. The van der Waals surface area contributed by atoms with Gasteiger partial charge < -0.3 is 14.2 Å². The van der Waals surface area contributed by atoms with Crippen molar-refractivity contribution in [2.24, 2.45) is 0 Å². The second kappa shape index (κ2) is 65.4. The molecule has 77 heavy (non-hydrogen) atoms. The molecule has 0 rings (SSSR count). The van der Waals surface area contributed by atoms with Crippen molar-refractivity contribution in [1.82, 2.24) is 0 Å². The highest BCUT2D eigenvalue weighted by molar-refractivity contribution is 5.71. The van der Waals surface area contributed by atoms with Crippen LogP contribution in [0.5, 0.6) is 0 Å². The molecule has 0 aliphatic heterocycles. The molecular weight excluding hydrogens is 949 g/mol. The maximum atomic E-state index is 12.9. The predicted molar refractivity (Wildman–Crippen MR) is 335 cm³/mol. The first-order valence-corrected chi connectivity index (χ1v) is 33.4. The average molecular weight is 1080 g/mol. The van der Waals surface area contributed by atoms with Gasteiger partial charge >= 0.3 is 17.9 Å². The summed E-state index contributed by atoms with van der Waals surface area (Å²) < 4.78 is 16.8. The first-order chi connectivity index (χ1) is 38.0. The molecule has 0 radical (unpaired) electrons. The van der Waals surface area contributed by atoms with Gasteiger partial charge in [-0.15, -0.1) is 0 Å². The Kier molecular flexibility index (Phi) is 62.7. The Morgan fingerprint density at radius 3 is 0.883 bits per heavy atom. The van der Waals surface area contributed by atoms with Crippen molar-refractivity contribution in [2.45, 2.75) is 348 Å². The van der Waals surface area contributed by atoms with Crippen LogP contribution in [0.1, 0.15) is 342 Å². The highest BCUT2D eigenvalue weighted by atomic mass is 16.6. The Morgan fingerprint density at radius 2 is 0.532 bits per heavy atom. The zero-order chi connectivity index (χ0) is 55.7. The van der Waals surface area contributed by atoms with Crippen LogP contribution in [0.2, 0.25) is 0 Å². The Hall–Kier alpha value is -3.15. The van der Waals surface area contributed by atoms with Gasteiger partial charge in [0.05, 0.1) is 0 Å². The fourth-order valence-corrected chi connectivity index (χ4v) is 9.73. The summed E-state index contributed by atoms with van der Waals surface area (Å²) in [5.74, 6) is -0.986. The van der Waals surface area contributed by atoms with Gasteiger partial charge in [0.25, 0.3) is 0 Å². The monoisotopic (exact) mass is 1070 g/mol. The number of carbonyl (C=O) groups excluding carboxylic acids is 3. The van der Waals surface area contributed by atoms with Crippen LogP contribution in [0.4, 0.5) is 0 Å². The van der Waals surface area contributed by atoms with E-state index in [0.29, 0.717) is 19.3 Å². The van der Waals surface area contributed by atoms with E-state index in [1.54, 1.807) is 0 Å². The molecule has 0 saturated heterocycles. The molecule has 0 aromatic heterocycles. The molecule has 0 heterocycles. The summed E-state index contributed by atoms with van der Waals surface area (Å²) in [7, 11) is 0. The van der Waals surface area contributed by atoms with E-state index in [-0.39, 0.29) is 37.5 Å². The van der Waals surface area contributed by atoms with E-state index < -0.39 is 6.10 Å². The van der Waals surface area contributed by atoms with E-state index >= 15 is 0 Å². The van der Waals surface area contributed by atoms with E-state index in [9.17, 15) is 14.4 Å². The molecule has 6 heteroatoms. The van der Waals surface area contributed by atoms with Crippen LogP contribution in [0.25, 0.3) is 0 Å². The number of hydrogen-bond donors (Lipinski definition) is 0. The normalized spacial score (nSPS) is 12.5. The lowest BCUT2D eigenvalue weighted by Gasteiger charge is -2.18. The van der Waals surface area contributed by atoms with E-state index in [1.807, 2.05) is 6.08 Å². The largest absolute Gasteiger partial charge is 0.462 e. The second-order valence-corrected chi connectivity index (χ2v) is 22.4. The summed E-state index contributed by atoms with van der Waals surface area (Å²) in [6, 6.07) is 0. The smallest absolute Gasteiger partial charge is 0.306 e. The molecule has 0 fully saturated rings. The molecule has 0 bridgehead atoms. The Bertz CT molecular complexity index is 1420. The number of allylic oxidation sites excluding steroid dienone is 12. The maximum absolute atomic E-state index is 12.9. The number of ether oxygens (including phenoxy) is 3. The van der Waals surface area contributed by atoms with E-state index in [0.717, 1.165) is 89.9 Å². The summed E-state index contributed by atoms with van der Waals surface area (Å²) >= 11 is 0. The minimum absolute atomic E-state index is 0.101. The van der Waals surface area contributed by atoms with Crippen molar-refractivity contribution in [3.8, 4) is 0 Å². The van der Waals surface area contributed by atoms with Gasteiger partial charge in [0.15, 0.2) is 6.10 Å². The quantitative estimate of drug-likeness (QED) is 0.0261. The summed E-state index contributed by atoms with van der Waals surface area (Å²) in [6.07, 6.45) is 85.3. The molecule has 0 amide bonds. The molecule has 6 nitrogen and oxygen atoms in total. The molecule has 0 aromatic rings. The standard InChI is InChI=1S/C71H126O6/c1-4-7-10-13-16-19-22-25-27-29-30-31-32-33-34-35-36-37-38-39-40-41-42-44-46-49-52-55-58-61-64-70(73)76-67-68(66-75-69(72)63-60-57-54-51-48-45-24-21-18-15-12-9-6-3)77-71(74)65-62-59-56-53-50-47-43-28-26-23-20-17-14-11-8-5-2/h9,12,18,20-21,23,28,43,45,48,54,57,68H,4-8,10-11,13-17,19,22,24-27,29-42,44,46-47,49-53,55-56,58-67H2,1-3H3/b12-9-,21-18-,23-20-,43-28-,48-45-,57-54-. The lowest BCUT2D eigenvalue weighted by Crippen LogP contribution is -2.30. The highest BCUT2D eigenvalue weighted by Crippen LogP contribution is 2.18. The van der Waals surface area contributed by atoms with Crippen molar-refractivity contribution < 1.29 is 28.6 Å². The molecule has 0 N–H and O–H groups in total. The van der Waals surface area contributed by atoms with Crippen LogP contribution >= 0.6 is 0 Å². The lowest BCUT2D eigenvalue weighted by atomic mass is 10.0. The van der Waals surface area contributed by atoms with E-state index in [4.69, 9.17) is 14.2 Å². The van der Waals surface area contributed by atoms with Crippen LogP contribution in [0, 0.1) is 0 Å². The maximum Gasteiger partial charge on any atom is 0.306 e. The zero-order valence-electron chi connectivity index (χ0n) is 51.2. The molecule has 1 unspecified atom stereocenters. The summed E-state index contributed by atoms with van der Waals surface area (Å²) in [4.78, 5) is 38.2. The van der Waals surface area contributed by atoms with Gasteiger partial charge in [-0.05, 0) is 77.0 Å². The van der Waals surface area contributed by atoms with E-state index in [1.165, 1.54) is 205 Å². The number of carbonyl (C=O) groups is 3. The predicted octanol–water partition coefficient (Wildman–Crippen LogP) is 22.9. The van der Waals surface area contributed by atoms with Gasteiger partial charge in [0.2, 0.25) is 0 Å². The number of unbranched alkanes of at least 4 members (excludes halogenated alkanes) is 38. The van der Waals surface area contributed by atoms with Crippen LogP contribution < -0.4 is 0 Å². The average Bonchev–Trinajstić information content (AvgIpc) is 3.43. The zero-order valence-corrected chi connectivity index (χ0v) is 51.2. The molecule has 0 aromatic carbocycles. The lowest BCUT2D eigenvalue weighted by molar-refractivity contribution is -0.166. The van der Waals surface area contributed by atoms with Gasteiger partial charge in [0.1, 0.15) is 13.2 Å².